The topological polar surface area (TPSA) is 54.3 Å². The molecule has 4 rings (SSSR count). The second-order valence-electron chi connectivity index (χ2n) is 8.06. The number of piperazine rings is 1. The minimum atomic E-state index is 0.0580. The molecule has 0 radical (unpaired) electrons. The van der Waals surface area contributed by atoms with Gasteiger partial charge in [-0.25, -0.2) is 4.68 Å². The number of hydrogen-bond donors (Lipinski definition) is 0. The van der Waals surface area contributed by atoms with Crippen molar-refractivity contribution in [1.82, 2.24) is 24.6 Å². The number of para-hydroxylation sites is 1. The van der Waals surface area contributed by atoms with E-state index in [0.717, 1.165) is 56.2 Å². The van der Waals surface area contributed by atoms with Crippen molar-refractivity contribution in [3.05, 3.63) is 77.9 Å². The lowest BCUT2D eigenvalue weighted by Gasteiger charge is -2.34. The van der Waals surface area contributed by atoms with Crippen molar-refractivity contribution in [3.8, 4) is 5.69 Å². The molecule has 3 aromatic rings. The molecule has 2 aromatic heterocycles. The SMILES string of the molecule is CC(C)c1cc(C(=O)N2CCN(CCc3ccccn3)CC2)n(-c2ccccc2)n1. The van der Waals surface area contributed by atoms with E-state index in [4.69, 9.17) is 5.10 Å². The maximum atomic E-state index is 13.4. The molecule has 1 saturated heterocycles. The van der Waals surface area contributed by atoms with E-state index in [9.17, 15) is 4.79 Å². The van der Waals surface area contributed by atoms with E-state index in [-0.39, 0.29) is 11.8 Å². The summed E-state index contributed by atoms with van der Waals surface area (Å²) in [5.41, 5.74) is 3.62. The molecule has 1 aromatic carbocycles. The summed E-state index contributed by atoms with van der Waals surface area (Å²) in [6.07, 6.45) is 2.78. The van der Waals surface area contributed by atoms with Crippen molar-refractivity contribution in [2.75, 3.05) is 32.7 Å². The minimum absolute atomic E-state index is 0.0580. The Labute approximate surface area is 178 Å². The molecule has 3 heterocycles. The fraction of sp³-hybridized carbons (Fsp3) is 0.375. The molecule has 0 spiro atoms. The Morgan fingerprint density at radius 2 is 1.73 bits per heavy atom. The van der Waals surface area contributed by atoms with E-state index in [1.165, 1.54) is 0 Å². The molecule has 6 heteroatoms. The van der Waals surface area contributed by atoms with Crippen LogP contribution in [0.2, 0.25) is 0 Å². The van der Waals surface area contributed by atoms with Gasteiger partial charge in [-0.05, 0) is 36.2 Å². The van der Waals surface area contributed by atoms with E-state index in [1.54, 1.807) is 4.68 Å². The molecule has 1 aliphatic heterocycles. The fourth-order valence-corrected chi connectivity index (χ4v) is 3.76. The number of aromatic nitrogens is 3. The number of hydrogen-bond acceptors (Lipinski definition) is 4. The first-order valence-corrected chi connectivity index (χ1v) is 10.7. The quantitative estimate of drug-likeness (QED) is 0.633. The van der Waals surface area contributed by atoms with Crippen LogP contribution in [0, 0.1) is 0 Å². The zero-order chi connectivity index (χ0) is 20.9. The van der Waals surface area contributed by atoms with Crippen LogP contribution in [0.25, 0.3) is 5.69 Å². The Morgan fingerprint density at radius 3 is 2.40 bits per heavy atom. The predicted octanol–water partition coefficient (Wildman–Crippen LogP) is 3.39. The molecule has 1 amide bonds. The molecule has 6 nitrogen and oxygen atoms in total. The van der Waals surface area contributed by atoms with Gasteiger partial charge in [0.1, 0.15) is 5.69 Å². The van der Waals surface area contributed by atoms with Gasteiger partial charge in [0.15, 0.2) is 0 Å². The Morgan fingerprint density at radius 1 is 1.00 bits per heavy atom. The summed E-state index contributed by atoms with van der Waals surface area (Å²) >= 11 is 0. The third kappa shape index (κ3) is 4.60. The van der Waals surface area contributed by atoms with E-state index >= 15 is 0 Å². The van der Waals surface area contributed by atoms with Crippen LogP contribution in [-0.2, 0) is 6.42 Å². The number of carbonyl (C=O) groups excluding carboxylic acids is 1. The summed E-state index contributed by atoms with van der Waals surface area (Å²) in [6.45, 7) is 8.41. The summed E-state index contributed by atoms with van der Waals surface area (Å²) in [7, 11) is 0. The van der Waals surface area contributed by atoms with Crippen molar-refractivity contribution in [3.63, 3.8) is 0 Å². The van der Waals surface area contributed by atoms with Gasteiger partial charge < -0.3 is 4.90 Å². The van der Waals surface area contributed by atoms with Crippen molar-refractivity contribution < 1.29 is 4.79 Å². The van der Waals surface area contributed by atoms with Gasteiger partial charge in [0.05, 0.1) is 11.4 Å². The second-order valence-corrected chi connectivity index (χ2v) is 8.06. The lowest BCUT2D eigenvalue weighted by Crippen LogP contribution is -2.49. The van der Waals surface area contributed by atoms with Gasteiger partial charge in [0.25, 0.3) is 5.91 Å². The summed E-state index contributed by atoms with van der Waals surface area (Å²) in [5, 5.41) is 4.73. The van der Waals surface area contributed by atoms with Crippen LogP contribution in [0.3, 0.4) is 0 Å². The van der Waals surface area contributed by atoms with Gasteiger partial charge in [0.2, 0.25) is 0 Å². The number of amides is 1. The molecule has 0 saturated carbocycles. The molecule has 0 aliphatic carbocycles. The average molecular weight is 404 g/mol. The van der Waals surface area contributed by atoms with Gasteiger partial charge in [0, 0.05) is 51.0 Å². The summed E-state index contributed by atoms with van der Waals surface area (Å²) in [4.78, 5) is 22.1. The van der Waals surface area contributed by atoms with Gasteiger partial charge in [-0.3, -0.25) is 14.7 Å². The third-order valence-corrected chi connectivity index (χ3v) is 5.61. The number of benzene rings is 1. The Bertz CT molecular complexity index is 960. The second kappa shape index (κ2) is 9.22. The number of nitrogens with zero attached hydrogens (tertiary/aromatic N) is 5. The molecule has 30 heavy (non-hydrogen) atoms. The molecule has 1 aliphatic rings. The Kier molecular flexibility index (Phi) is 6.23. The average Bonchev–Trinajstić information content (AvgIpc) is 3.25. The Balaban J connectivity index is 1.43. The van der Waals surface area contributed by atoms with Crippen molar-refractivity contribution in [1.29, 1.82) is 0 Å². The number of rotatable bonds is 6. The van der Waals surface area contributed by atoms with Crippen molar-refractivity contribution >= 4 is 5.91 Å². The van der Waals surface area contributed by atoms with Crippen LogP contribution < -0.4 is 0 Å². The molecular formula is C24H29N5O. The zero-order valence-corrected chi connectivity index (χ0v) is 17.7. The lowest BCUT2D eigenvalue weighted by molar-refractivity contribution is 0.0629. The van der Waals surface area contributed by atoms with Gasteiger partial charge in [-0.15, -0.1) is 0 Å². The van der Waals surface area contributed by atoms with E-state index in [1.807, 2.05) is 59.6 Å². The van der Waals surface area contributed by atoms with E-state index in [0.29, 0.717) is 5.69 Å². The predicted molar refractivity (Wildman–Crippen MR) is 118 cm³/mol. The molecular weight excluding hydrogens is 374 g/mol. The standard InChI is InChI=1S/C24H29N5O/c1-19(2)22-18-23(29(26-22)21-9-4-3-5-10-21)24(30)28-16-14-27(15-17-28)13-11-20-8-6-7-12-25-20/h3-10,12,18-19H,11,13-17H2,1-2H3. The summed E-state index contributed by atoms with van der Waals surface area (Å²) in [5.74, 6) is 0.326. The highest BCUT2D eigenvalue weighted by molar-refractivity contribution is 5.93. The molecule has 1 fully saturated rings. The molecule has 156 valence electrons. The van der Waals surface area contributed by atoms with Gasteiger partial charge >= 0.3 is 0 Å². The normalized spacial score (nSPS) is 15.0. The third-order valence-electron chi connectivity index (χ3n) is 5.61. The zero-order valence-electron chi connectivity index (χ0n) is 17.7. The number of carbonyl (C=O) groups is 1. The maximum absolute atomic E-state index is 13.4. The lowest BCUT2D eigenvalue weighted by atomic mass is 10.1. The van der Waals surface area contributed by atoms with Crippen molar-refractivity contribution in [2.45, 2.75) is 26.2 Å². The van der Waals surface area contributed by atoms with Gasteiger partial charge in [-0.1, -0.05) is 38.1 Å². The maximum Gasteiger partial charge on any atom is 0.272 e. The van der Waals surface area contributed by atoms with Crippen LogP contribution in [0.1, 0.15) is 41.6 Å². The molecule has 0 unspecified atom stereocenters. The van der Waals surface area contributed by atoms with E-state index in [2.05, 4.69) is 29.8 Å². The molecule has 0 atom stereocenters. The highest BCUT2D eigenvalue weighted by Gasteiger charge is 2.26. The molecule has 0 bridgehead atoms. The first-order chi connectivity index (χ1) is 14.6. The van der Waals surface area contributed by atoms with Crippen molar-refractivity contribution in [2.24, 2.45) is 0 Å². The Hall–Kier alpha value is -2.99. The van der Waals surface area contributed by atoms with Crippen LogP contribution in [0.4, 0.5) is 0 Å². The summed E-state index contributed by atoms with van der Waals surface area (Å²) in [6, 6.07) is 17.9. The number of pyridine rings is 1. The highest BCUT2D eigenvalue weighted by Crippen LogP contribution is 2.20. The fourth-order valence-electron chi connectivity index (χ4n) is 3.76. The summed E-state index contributed by atoms with van der Waals surface area (Å²) < 4.78 is 1.80. The van der Waals surface area contributed by atoms with Crippen LogP contribution >= 0.6 is 0 Å². The molecule has 0 N–H and O–H groups in total. The minimum Gasteiger partial charge on any atom is -0.335 e. The highest BCUT2D eigenvalue weighted by atomic mass is 16.2. The van der Waals surface area contributed by atoms with Gasteiger partial charge in [-0.2, -0.15) is 5.10 Å². The van der Waals surface area contributed by atoms with Crippen LogP contribution in [-0.4, -0.2) is 63.2 Å². The monoisotopic (exact) mass is 403 g/mol. The van der Waals surface area contributed by atoms with E-state index < -0.39 is 0 Å². The first kappa shape index (κ1) is 20.3. The largest absolute Gasteiger partial charge is 0.335 e. The smallest absolute Gasteiger partial charge is 0.272 e. The van der Waals surface area contributed by atoms with Crippen LogP contribution in [0.15, 0.2) is 60.8 Å². The first-order valence-electron chi connectivity index (χ1n) is 10.7. The van der Waals surface area contributed by atoms with Crippen LogP contribution in [0.5, 0.6) is 0 Å².